The molecular formula is H2ErF3O. The molecule has 5 heavy (non-hydrogen) atoms. The van der Waals surface area contributed by atoms with E-state index in [2.05, 4.69) is 0 Å². The van der Waals surface area contributed by atoms with Crippen LogP contribution in [0.15, 0.2) is 0 Å². The van der Waals surface area contributed by atoms with Crippen molar-refractivity contribution in [3.05, 3.63) is 0 Å². The van der Waals surface area contributed by atoms with E-state index in [1.807, 2.05) is 0 Å². The SMILES string of the molecule is O.[F][Er]([F])[F]. The molecule has 0 spiro atoms. The molecule has 0 aliphatic rings. The van der Waals surface area contributed by atoms with Gasteiger partial charge in [0.2, 0.25) is 0 Å². The van der Waals surface area contributed by atoms with Crippen LogP contribution in [0.1, 0.15) is 0 Å². The summed E-state index contributed by atoms with van der Waals surface area (Å²) < 4.78 is 29.4. The van der Waals surface area contributed by atoms with Gasteiger partial charge in [-0.25, -0.2) is 0 Å². The summed E-state index contributed by atoms with van der Waals surface area (Å²) in [7, 11) is 0. The minimum atomic E-state index is -4.64. The van der Waals surface area contributed by atoms with Gasteiger partial charge >= 0.3 is 38.1 Å². The molecule has 0 saturated carbocycles. The van der Waals surface area contributed by atoms with E-state index in [9.17, 15) is 4.24 Å². The van der Waals surface area contributed by atoms with Gasteiger partial charge in [-0.1, -0.05) is 0 Å². The quantitative estimate of drug-likeness (QED) is 0.590. The fraction of sp³-hybridized carbons (Fsp3) is 0. The zero-order chi connectivity index (χ0) is 3.58. The Morgan fingerprint density at radius 1 is 1.00 bits per heavy atom. The molecule has 0 atom stereocenters. The normalized spacial score (nSPS) is 9.00. The molecule has 0 saturated heterocycles. The van der Waals surface area contributed by atoms with Crippen LogP contribution >= 0.6 is 0 Å². The van der Waals surface area contributed by atoms with Crippen molar-refractivity contribution in [2.45, 2.75) is 0 Å². The molecule has 0 radical (unpaired) electrons. The maximum absolute atomic E-state index is 9.81. The van der Waals surface area contributed by atoms with E-state index in [-0.39, 0.29) is 5.48 Å². The summed E-state index contributed by atoms with van der Waals surface area (Å²) in [6, 6.07) is 0. The second-order valence-corrected chi connectivity index (χ2v) is 0.918. The zero-order valence-corrected chi connectivity index (χ0v) is 3.77. The Balaban J connectivity index is 0. The van der Waals surface area contributed by atoms with Crippen LogP contribution in [0.4, 0.5) is 4.24 Å². The first-order valence-corrected chi connectivity index (χ1v) is 2.43. The van der Waals surface area contributed by atoms with E-state index >= 15 is 0 Å². The Kier molecular flexibility index (Phi) is 9.37. The van der Waals surface area contributed by atoms with Crippen molar-refractivity contribution < 1.29 is 43.5 Å². The predicted octanol–water partition coefficient (Wildman–Crippen LogP) is 0.436. The van der Waals surface area contributed by atoms with Crippen LogP contribution in [0, 0.1) is 33.8 Å². The average Bonchev–Trinajstić information content (AvgIpc) is 0.811. The van der Waals surface area contributed by atoms with Gasteiger partial charge in [-0.3, -0.25) is 0 Å². The van der Waals surface area contributed by atoms with E-state index in [0.29, 0.717) is 0 Å². The van der Waals surface area contributed by atoms with Crippen LogP contribution in [-0.2, 0) is 0 Å². The molecule has 0 unspecified atom stereocenters. The van der Waals surface area contributed by atoms with Crippen LogP contribution in [0.2, 0.25) is 0 Å². The first kappa shape index (κ1) is 9.37. The zero-order valence-electron chi connectivity index (χ0n) is 1.92. The third kappa shape index (κ3) is 45.2. The summed E-state index contributed by atoms with van der Waals surface area (Å²) in [5, 5.41) is 0. The molecule has 0 aromatic heterocycles. The maximum atomic E-state index is 9.81. The first-order valence-electron chi connectivity index (χ1n) is 0.327. The molecule has 5 heteroatoms. The van der Waals surface area contributed by atoms with Gasteiger partial charge in [0.1, 0.15) is 0 Å². The molecule has 0 aromatic rings. The second kappa shape index (κ2) is 5.00. The molecule has 0 heterocycles. The molecule has 0 aliphatic heterocycles. The molecular weight excluding hydrogens is 240 g/mol. The Labute approximate surface area is 43.4 Å². The fourth-order valence-electron chi connectivity index (χ4n) is 0. The summed E-state index contributed by atoms with van der Waals surface area (Å²) in [5.41, 5.74) is 0. The number of rotatable bonds is 0. The number of halogens is 3. The van der Waals surface area contributed by atoms with Crippen LogP contribution in [0.5, 0.6) is 0 Å². The molecule has 1 nitrogen and oxygen atoms in total. The van der Waals surface area contributed by atoms with Crippen molar-refractivity contribution in [2.24, 2.45) is 0 Å². The molecule has 0 aromatic carbocycles. The van der Waals surface area contributed by atoms with Crippen molar-refractivity contribution in [3.63, 3.8) is 0 Å². The molecule has 0 rings (SSSR count). The van der Waals surface area contributed by atoms with Crippen LogP contribution in [0.3, 0.4) is 0 Å². The monoisotopic (exact) mass is 241 g/mol. The van der Waals surface area contributed by atoms with Gasteiger partial charge in [0.25, 0.3) is 0 Å². The predicted molar refractivity (Wildman–Crippen MR) is 6.94 cm³/mol. The van der Waals surface area contributed by atoms with Gasteiger partial charge in [0.15, 0.2) is 0 Å². The van der Waals surface area contributed by atoms with Gasteiger partial charge in [0.05, 0.1) is 0 Å². The van der Waals surface area contributed by atoms with Crippen LogP contribution in [0.25, 0.3) is 0 Å². The van der Waals surface area contributed by atoms with Crippen LogP contribution < -0.4 is 0 Å². The number of hydrogen-bond acceptors (Lipinski definition) is 0. The van der Waals surface area contributed by atoms with Gasteiger partial charge in [0, 0.05) is 0 Å². The molecule has 0 aliphatic carbocycles. The van der Waals surface area contributed by atoms with E-state index in [4.69, 9.17) is 0 Å². The van der Waals surface area contributed by atoms with Gasteiger partial charge in [-0.05, 0) is 0 Å². The Hall–Kier alpha value is 0.997. The van der Waals surface area contributed by atoms with E-state index in [0.717, 1.165) is 0 Å². The topological polar surface area (TPSA) is 31.5 Å². The summed E-state index contributed by atoms with van der Waals surface area (Å²) in [5.74, 6) is 0. The van der Waals surface area contributed by atoms with E-state index in [1.54, 1.807) is 0 Å². The molecule has 0 bridgehead atoms. The van der Waals surface area contributed by atoms with Crippen molar-refractivity contribution in [1.82, 2.24) is 0 Å². The third-order valence-electron chi connectivity index (χ3n) is 0. The van der Waals surface area contributed by atoms with Crippen molar-refractivity contribution in [3.8, 4) is 0 Å². The number of hydrogen-bond donors (Lipinski definition) is 0. The summed E-state index contributed by atoms with van der Waals surface area (Å²) in [4.78, 5) is 0. The summed E-state index contributed by atoms with van der Waals surface area (Å²) in [6.07, 6.45) is 0. The molecule has 0 amide bonds. The van der Waals surface area contributed by atoms with Crippen LogP contribution in [-0.4, -0.2) is 5.48 Å². The Bertz CT molecular complexity index is 11.6. The minimum absolute atomic E-state index is 0. The summed E-state index contributed by atoms with van der Waals surface area (Å²) in [6.45, 7) is 0. The van der Waals surface area contributed by atoms with E-state index in [1.165, 1.54) is 0 Å². The Morgan fingerprint density at radius 2 is 1.00 bits per heavy atom. The van der Waals surface area contributed by atoms with Crippen molar-refractivity contribution in [1.29, 1.82) is 0 Å². The van der Waals surface area contributed by atoms with Gasteiger partial charge < -0.3 is 5.48 Å². The third-order valence-corrected chi connectivity index (χ3v) is 0. The van der Waals surface area contributed by atoms with Crippen molar-refractivity contribution >= 4 is 0 Å². The molecule has 0 fully saturated rings. The standard InChI is InChI=1S/Er.3FH.H2O/h;3*1H;1H2/q+3;;;;/p-3. The van der Waals surface area contributed by atoms with Gasteiger partial charge in [-0.15, -0.1) is 0 Å². The van der Waals surface area contributed by atoms with Crippen molar-refractivity contribution in [2.75, 3.05) is 0 Å². The molecule has 41 valence electrons. The first-order chi connectivity index (χ1) is 1.73. The average molecular weight is 242 g/mol. The molecule has 2 N–H and O–H groups in total. The second-order valence-electron chi connectivity index (χ2n) is 0.124. The van der Waals surface area contributed by atoms with E-state index < -0.39 is 33.8 Å². The fourth-order valence-corrected chi connectivity index (χ4v) is 0. The van der Waals surface area contributed by atoms with Gasteiger partial charge in [-0.2, -0.15) is 0 Å². The Morgan fingerprint density at radius 3 is 1.00 bits per heavy atom. The summed E-state index contributed by atoms with van der Waals surface area (Å²) >= 11 is -4.64.